The second-order valence-corrected chi connectivity index (χ2v) is 6.39. The Bertz CT molecular complexity index is 421. The lowest BCUT2D eigenvalue weighted by atomic mass is 10.1. The minimum Gasteiger partial charge on any atom is -0.378 e. The number of nitrogens with one attached hydrogen (secondary N) is 1. The molecule has 1 aliphatic heterocycles. The van der Waals surface area contributed by atoms with Gasteiger partial charge in [-0.05, 0) is 29.5 Å². The average molecular weight is 260 g/mol. The van der Waals surface area contributed by atoms with Gasteiger partial charge in [0.1, 0.15) is 0 Å². The van der Waals surface area contributed by atoms with E-state index in [-0.39, 0.29) is 0 Å². The van der Waals surface area contributed by atoms with Crippen molar-refractivity contribution in [1.29, 1.82) is 0 Å². The Morgan fingerprint density at radius 3 is 2.42 bits per heavy atom. The van der Waals surface area contributed by atoms with Crippen molar-refractivity contribution in [3.05, 3.63) is 29.8 Å². The van der Waals surface area contributed by atoms with Crippen molar-refractivity contribution in [2.24, 2.45) is 5.41 Å². The number of hydrogen-bond donors (Lipinski definition) is 1. The summed E-state index contributed by atoms with van der Waals surface area (Å²) in [4.78, 5) is 2.39. The lowest BCUT2D eigenvalue weighted by Crippen LogP contribution is -2.36. The van der Waals surface area contributed by atoms with Gasteiger partial charge in [0.05, 0.1) is 13.2 Å². The van der Waals surface area contributed by atoms with Crippen LogP contribution in [0.25, 0.3) is 0 Å². The van der Waals surface area contributed by atoms with E-state index < -0.39 is 0 Å². The quantitative estimate of drug-likeness (QED) is 0.900. The van der Waals surface area contributed by atoms with Crippen molar-refractivity contribution in [2.75, 3.05) is 31.2 Å². The molecule has 3 rings (SSSR count). The smallest absolute Gasteiger partial charge is 0.0642 e. The van der Waals surface area contributed by atoms with Gasteiger partial charge in [-0.15, -0.1) is 0 Å². The molecule has 0 aromatic heterocycles. The van der Waals surface area contributed by atoms with Crippen LogP contribution in [-0.4, -0.2) is 32.3 Å². The predicted molar refractivity (Wildman–Crippen MR) is 78.5 cm³/mol. The normalized spacial score (nSPS) is 25.4. The van der Waals surface area contributed by atoms with Crippen LogP contribution in [0.3, 0.4) is 0 Å². The monoisotopic (exact) mass is 260 g/mol. The van der Waals surface area contributed by atoms with Crippen molar-refractivity contribution in [3.63, 3.8) is 0 Å². The van der Waals surface area contributed by atoms with E-state index in [1.165, 1.54) is 17.7 Å². The largest absolute Gasteiger partial charge is 0.378 e. The third-order valence-corrected chi connectivity index (χ3v) is 4.38. The predicted octanol–water partition coefficient (Wildman–Crippen LogP) is 2.41. The number of morpholine rings is 1. The minimum absolute atomic E-state index is 0.508. The molecule has 104 valence electrons. The molecule has 3 heteroatoms. The Morgan fingerprint density at radius 2 is 1.84 bits per heavy atom. The van der Waals surface area contributed by atoms with Gasteiger partial charge < -0.3 is 15.0 Å². The number of rotatable bonds is 4. The summed E-state index contributed by atoms with van der Waals surface area (Å²) in [5.74, 6) is 0. The van der Waals surface area contributed by atoms with Crippen LogP contribution in [0.4, 0.5) is 5.69 Å². The number of ether oxygens (including phenoxy) is 1. The Morgan fingerprint density at radius 1 is 1.21 bits per heavy atom. The number of benzene rings is 1. The van der Waals surface area contributed by atoms with E-state index >= 15 is 0 Å². The molecular formula is C16H24N2O. The van der Waals surface area contributed by atoms with Crippen LogP contribution in [0.2, 0.25) is 0 Å². The van der Waals surface area contributed by atoms with Crippen molar-refractivity contribution in [2.45, 2.75) is 32.9 Å². The van der Waals surface area contributed by atoms with E-state index in [1.807, 2.05) is 0 Å². The molecule has 1 saturated heterocycles. The van der Waals surface area contributed by atoms with E-state index in [0.29, 0.717) is 11.5 Å². The first-order valence-electron chi connectivity index (χ1n) is 7.30. The van der Waals surface area contributed by atoms with Crippen LogP contribution < -0.4 is 10.2 Å². The molecule has 0 spiro atoms. The molecule has 3 nitrogen and oxygen atoms in total. The van der Waals surface area contributed by atoms with Crippen molar-refractivity contribution < 1.29 is 4.74 Å². The maximum absolute atomic E-state index is 5.38. The third-order valence-electron chi connectivity index (χ3n) is 4.38. The van der Waals surface area contributed by atoms with Gasteiger partial charge in [0.2, 0.25) is 0 Å². The number of anilines is 1. The SMILES string of the molecule is CC1(C)CC1NCc1ccc(N2CCOCC2)cc1. The highest BCUT2D eigenvalue weighted by atomic mass is 16.5. The molecule has 1 aliphatic carbocycles. The second kappa shape index (κ2) is 5.14. The number of nitrogens with zero attached hydrogens (tertiary/aromatic N) is 1. The average Bonchev–Trinajstić information content (AvgIpc) is 3.06. The lowest BCUT2D eigenvalue weighted by molar-refractivity contribution is 0.122. The van der Waals surface area contributed by atoms with E-state index in [1.54, 1.807) is 0 Å². The Balaban J connectivity index is 1.53. The molecule has 2 aliphatic rings. The van der Waals surface area contributed by atoms with E-state index in [0.717, 1.165) is 32.8 Å². The lowest BCUT2D eigenvalue weighted by Gasteiger charge is -2.28. The van der Waals surface area contributed by atoms with Gasteiger partial charge in [0.25, 0.3) is 0 Å². The van der Waals surface area contributed by atoms with Crippen LogP contribution >= 0.6 is 0 Å². The fourth-order valence-corrected chi connectivity index (χ4v) is 2.70. The first-order valence-corrected chi connectivity index (χ1v) is 7.30. The molecule has 19 heavy (non-hydrogen) atoms. The van der Waals surface area contributed by atoms with Crippen LogP contribution in [0.15, 0.2) is 24.3 Å². The molecule has 1 heterocycles. The van der Waals surface area contributed by atoms with Crippen LogP contribution in [0, 0.1) is 5.41 Å². The molecule has 0 radical (unpaired) electrons. The van der Waals surface area contributed by atoms with Crippen molar-refractivity contribution in [3.8, 4) is 0 Å². The van der Waals surface area contributed by atoms with Crippen LogP contribution in [-0.2, 0) is 11.3 Å². The van der Waals surface area contributed by atoms with Crippen molar-refractivity contribution in [1.82, 2.24) is 5.32 Å². The first kappa shape index (κ1) is 12.9. The Labute approximate surface area is 115 Å². The molecule has 1 atom stereocenters. The summed E-state index contributed by atoms with van der Waals surface area (Å²) in [6.45, 7) is 9.34. The molecular weight excluding hydrogens is 236 g/mol. The summed E-state index contributed by atoms with van der Waals surface area (Å²) in [5, 5.41) is 3.63. The van der Waals surface area contributed by atoms with E-state index in [9.17, 15) is 0 Å². The van der Waals surface area contributed by atoms with Gasteiger partial charge in [-0.25, -0.2) is 0 Å². The van der Waals surface area contributed by atoms with Gasteiger partial charge in [-0.1, -0.05) is 26.0 Å². The molecule has 1 N–H and O–H groups in total. The minimum atomic E-state index is 0.508. The van der Waals surface area contributed by atoms with E-state index in [2.05, 4.69) is 48.3 Å². The molecule has 0 amide bonds. The fourth-order valence-electron chi connectivity index (χ4n) is 2.70. The maximum atomic E-state index is 5.38. The highest BCUT2D eigenvalue weighted by Gasteiger charge is 2.44. The highest BCUT2D eigenvalue weighted by molar-refractivity contribution is 5.47. The van der Waals surface area contributed by atoms with Crippen molar-refractivity contribution >= 4 is 5.69 Å². The molecule has 0 bridgehead atoms. The van der Waals surface area contributed by atoms with Crippen LogP contribution in [0.5, 0.6) is 0 Å². The maximum Gasteiger partial charge on any atom is 0.0642 e. The highest BCUT2D eigenvalue weighted by Crippen LogP contribution is 2.44. The van der Waals surface area contributed by atoms with E-state index in [4.69, 9.17) is 4.74 Å². The topological polar surface area (TPSA) is 24.5 Å². The summed E-state index contributed by atoms with van der Waals surface area (Å²) >= 11 is 0. The second-order valence-electron chi connectivity index (χ2n) is 6.39. The van der Waals surface area contributed by atoms with Gasteiger partial charge in [0, 0.05) is 31.4 Å². The zero-order valence-corrected chi connectivity index (χ0v) is 12.0. The summed E-state index contributed by atoms with van der Waals surface area (Å²) in [6.07, 6.45) is 1.30. The van der Waals surface area contributed by atoms with Gasteiger partial charge in [-0.3, -0.25) is 0 Å². The summed E-state index contributed by atoms with van der Waals surface area (Å²) in [6, 6.07) is 9.66. The number of hydrogen-bond acceptors (Lipinski definition) is 3. The zero-order valence-electron chi connectivity index (χ0n) is 12.0. The van der Waals surface area contributed by atoms with Gasteiger partial charge in [-0.2, -0.15) is 0 Å². The molecule has 1 saturated carbocycles. The summed E-state index contributed by atoms with van der Waals surface area (Å²) < 4.78 is 5.38. The molecule has 1 unspecified atom stereocenters. The molecule has 1 aromatic rings. The van der Waals surface area contributed by atoms with Crippen LogP contribution in [0.1, 0.15) is 25.8 Å². The molecule has 1 aromatic carbocycles. The first-order chi connectivity index (χ1) is 9.15. The molecule has 2 fully saturated rings. The van der Waals surface area contributed by atoms with Gasteiger partial charge >= 0.3 is 0 Å². The fraction of sp³-hybridized carbons (Fsp3) is 0.625. The summed E-state index contributed by atoms with van der Waals surface area (Å²) in [7, 11) is 0. The third kappa shape index (κ3) is 3.10. The zero-order chi connectivity index (χ0) is 13.3. The Kier molecular flexibility index (Phi) is 3.50. The Hall–Kier alpha value is -1.06. The summed E-state index contributed by atoms with van der Waals surface area (Å²) in [5.41, 5.74) is 3.20. The van der Waals surface area contributed by atoms with Gasteiger partial charge in [0.15, 0.2) is 0 Å². The standard InChI is InChI=1S/C16H24N2O/c1-16(2)11-15(16)17-12-13-3-5-14(6-4-13)18-7-9-19-10-8-18/h3-6,15,17H,7-12H2,1-2H3.